The minimum Gasteiger partial charge on any atom is -0.475 e. The molecule has 1 aromatic rings. The molecular weight excluding hydrogens is 621 g/mol. The SMILES string of the molecule is Cc1oc(=O)oc1COC(=O)C(C)(C)COS(=O)(=O)ON1C(=O)N2C[C@H]1CC[C@H]2C(=O)NOCCN.O=C(O)C(F)(F)F. The van der Waals surface area contributed by atoms with E-state index in [-0.39, 0.29) is 44.1 Å². The Morgan fingerprint density at radius 3 is 2.33 bits per heavy atom. The number of ether oxygens (including phenoxy) is 1. The number of halogens is 3. The summed E-state index contributed by atoms with van der Waals surface area (Å²) in [5.74, 6) is -4.99. The second-order valence-corrected chi connectivity index (χ2v) is 10.8. The van der Waals surface area contributed by atoms with Crippen molar-refractivity contribution >= 4 is 34.3 Å². The average molecular weight is 651 g/mol. The predicted octanol–water partition coefficient (Wildman–Crippen LogP) is -0.288. The molecule has 1 aromatic heterocycles. The van der Waals surface area contributed by atoms with E-state index in [9.17, 15) is 40.8 Å². The maximum atomic E-state index is 12.7. The molecule has 244 valence electrons. The monoisotopic (exact) mass is 650 g/mol. The molecule has 2 aliphatic rings. The van der Waals surface area contributed by atoms with E-state index in [2.05, 4.69) is 9.90 Å². The number of nitrogens with two attached hydrogens (primary N) is 1. The quantitative estimate of drug-likeness (QED) is 0.149. The van der Waals surface area contributed by atoms with Crippen molar-refractivity contribution in [1.29, 1.82) is 0 Å². The summed E-state index contributed by atoms with van der Waals surface area (Å²) in [6.45, 7) is 3.41. The Hall–Kier alpha value is -3.73. The molecule has 0 aliphatic carbocycles. The Morgan fingerprint density at radius 2 is 1.79 bits per heavy atom. The number of carbonyl (C=O) groups is 4. The van der Waals surface area contributed by atoms with Gasteiger partial charge < -0.3 is 29.3 Å². The number of urea groups is 1. The van der Waals surface area contributed by atoms with Crippen molar-refractivity contribution in [1.82, 2.24) is 15.4 Å². The second kappa shape index (κ2) is 14.2. The van der Waals surface area contributed by atoms with Crippen molar-refractivity contribution in [3.05, 3.63) is 22.1 Å². The molecule has 2 fully saturated rings. The standard InChI is InChI=1S/C19H28N4O12S.C2HF3O2/c1-11-14(34-18(27)33-11)9-30-16(25)19(2,3)10-32-36(28,29)35-23-12-4-5-13(22(8-12)17(23)26)15(24)21-31-7-6-20;3-2(4,5)1(6)7/h12-13H,4-10,20H2,1-3H3,(H,21,24);(H,6,7)/t12-,13+;/m1./s1. The third-order valence-electron chi connectivity index (χ3n) is 5.72. The zero-order valence-corrected chi connectivity index (χ0v) is 23.7. The molecule has 18 nitrogen and oxygen atoms in total. The van der Waals surface area contributed by atoms with E-state index >= 15 is 0 Å². The van der Waals surface area contributed by atoms with Gasteiger partial charge in [0.05, 0.1) is 24.7 Å². The molecule has 43 heavy (non-hydrogen) atoms. The molecule has 2 aliphatic heterocycles. The summed E-state index contributed by atoms with van der Waals surface area (Å²) in [4.78, 5) is 63.4. The number of amides is 3. The number of aryl methyl sites for hydroxylation is 1. The molecule has 0 radical (unpaired) electrons. The van der Waals surface area contributed by atoms with Gasteiger partial charge in [-0.2, -0.15) is 26.7 Å². The highest BCUT2D eigenvalue weighted by Gasteiger charge is 2.50. The van der Waals surface area contributed by atoms with Crippen LogP contribution in [0.1, 0.15) is 38.2 Å². The molecule has 0 saturated carbocycles. The van der Waals surface area contributed by atoms with Crippen LogP contribution in [0, 0.1) is 12.3 Å². The summed E-state index contributed by atoms with van der Waals surface area (Å²) in [6, 6.07) is -2.34. The van der Waals surface area contributed by atoms with E-state index in [1.807, 2.05) is 0 Å². The topological polar surface area (TPSA) is 247 Å². The lowest BCUT2D eigenvalue weighted by molar-refractivity contribution is -0.192. The first-order valence-corrected chi connectivity index (χ1v) is 13.5. The van der Waals surface area contributed by atoms with Crippen molar-refractivity contribution in [3.63, 3.8) is 0 Å². The Labute approximate surface area is 241 Å². The van der Waals surface area contributed by atoms with Crippen molar-refractivity contribution in [2.24, 2.45) is 11.1 Å². The smallest absolute Gasteiger partial charge is 0.475 e. The van der Waals surface area contributed by atoms with Crippen molar-refractivity contribution in [2.45, 2.75) is 58.5 Å². The number of hydroxylamine groups is 3. The van der Waals surface area contributed by atoms with E-state index in [4.69, 9.17) is 38.1 Å². The van der Waals surface area contributed by atoms with Gasteiger partial charge in [-0.3, -0.25) is 14.4 Å². The number of alkyl halides is 3. The number of nitrogens with zero attached hydrogens (tertiary/aromatic N) is 2. The first-order valence-electron chi connectivity index (χ1n) is 12.2. The molecule has 4 N–H and O–H groups in total. The van der Waals surface area contributed by atoms with Gasteiger partial charge in [-0.1, -0.05) is 0 Å². The summed E-state index contributed by atoms with van der Waals surface area (Å²) < 4.78 is 80.7. The molecule has 22 heteroatoms. The average Bonchev–Trinajstić information content (AvgIpc) is 3.35. The summed E-state index contributed by atoms with van der Waals surface area (Å²) in [5, 5.41) is 7.76. The van der Waals surface area contributed by atoms with E-state index in [1.165, 1.54) is 25.7 Å². The third-order valence-corrected chi connectivity index (χ3v) is 6.47. The van der Waals surface area contributed by atoms with Gasteiger partial charge in [0.1, 0.15) is 6.04 Å². The van der Waals surface area contributed by atoms with Crippen molar-refractivity contribution in [3.8, 4) is 0 Å². The lowest BCUT2D eigenvalue weighted by Crippen LogP contribution is -2.50. The van der Waals surface area contributed by atoms with Crippen LogP contribution in [0.4, 0.5) is 18.0 Å². The lowest BCUT2D eigenvalue weighted by atomic mass is 9.95. The maximum absolute atomic E-state index is 12.7. The number of piperidine rings is 1. The number of carboxylic acid groups (broad SMARTS) is 1. The summed E-state index contributed by atoms with van der Waals surface area (Å²) in [7, 11) is -4.77. The number of hydrogen-bond acceptors (Lipinski definition) is 14. The van der Waals surface area contributed by atoms with Gasteiger partial charge in [0.25, 0.3) is 5.91 Å². The fourth-order valence-electron chi connectivity index (χ4n) is 3.48. The van der Waals surface area contributed by atoms with Crippen LogP contribution in [0.3, 0.4) is 0 Å². The number of carbonyl (C=O) groups excluding carboxylic acids is 3. The fraction of sp³-hybridized carbons (Fsp3) is 0.667. The number of carboxylic acids is 1. The Bertz CT molecular complexity index is 1340. The van der Waals surface area contributed by atoms with Crippen LogP contribution in [0.25, 0.3) is 0 Å². The van der Waals surface area contributed by atoms with Crippen LogP contribution in [0.2, 0.25) is 0 Å². The molecule has 0 spiro atoms. The van der Waals surface area contributed by atoms with Gasteiger partial charge in [-0.05, 0) is 33.6 Å². The van der Waals surface area contributed by atoms with E-state index < -0.39 is 77.0 Å². The summed E-state index contributed by atoms with van der Waals surface area (Å²) >= 11 is 0. The van der Waals surface area contributed by atoms with Crippen LogP contribution in [0.5, 0.6) is 0 Å². The minimum atomic E-state index is -5.08. The summed E-state index contributed by atoms with van der Waals surface area (Å²) in [6.07, 6.45) is -4.54. The van der Waals surface area contributed by atoms with Crippen LogP contribution in [-0.4, -0.2) is 91.9 Å². The lowest BCUT2D eigenvalue weighted by Gasteiger charge is -2.28. The first-order chi connectivity index (χ1) is 19.8. The van der Waals surface area contributed by atoms with Crippen molar-refractivity contribution in [2.75, 3.05) is 26.3 Å². The van der Waals surface area contributed by atoms with Gasteiger partial charge in [0.2, 0.25) is 0 Å². The maximum Gasteiger partial charge on any atom is 0.519 e. The van der Waals surface area contributed by atoms with Gasteiger partial charge in [0.15, 0.2) is 18.1 Å². The molecule has 0 unspecified atom stereocenters. The van der Waals surface area contributed by atoms with Crippen LogP contribution in [0.15, 0.2) is 13.6 Å². The molecule has 3 rings (SSSR count). The van der Waals surface area contributed by atoms with Crippen LogP contribution in [-0.2, 0) is 49.4 Å². The van der Waals surface area contributed by atoms with Gasteiger partial charge in [-0.25, -0.2) is 24.0 Å². The normalized spacial score (nSPS) is 18.6. The van der Waals surface area contributed by atoms with Crippen molar-refractivity contribution < 1.29 is 72.7 Å². The van der Waals surface area contributed by atoms with E-state index in [0.29, 0.717) is 5.06 Å². The zero-order valence-electron chi connectivity index (χ0n) is 22.9. The fourth-order valence-corrected chi connectivity index (χ4v) is 4.35. The number of rotatable bonds is 12. The summed E-state index contributed by atoms with van der Waals surface area (Å²) in [5.41, 5.74) is 6.03. The molecule has 2 bridgehead atoms. The first kappa shape index (κ1) is 35.5. The van der Waals surface area contributed by atoms with Crippen LogP contribution < -0.4 is 17.0 Å². The Balaban J connectivity index is 0.000000821. The number of fused-ring (bicyclic) bond motifs is 2. The molecule has 3 heterocycles. The highest BCUT2D eigenvalue weighted by Crippen LogP contribution is 2.31. The third kappa shape index (κ3) is 9.91. The van der Waals surface area contributed by atoms with Gasteiger partial charge >= 0.3 is 40.4 Å². The Kier molecular flexibility index (Phi) is 11.7. The minimum absolute atomic E-state index is 0.00705. The largest absolute Gasteiger partial charge is 0.519 e. The number of nitrogens with one attached hydrogen (secondary N) is 1. The highest BCUT2D eigenvalue weighted by molar-refractivity contribution is 7.81. The van der Waals surface area contributed by atoms with E-state index in [1.54, 1.807) is 0 Å². The van der Waals surface area contributed by atoms with E-state index in [0.717, 1.165) is 0 Å². The zero-order chi connectivity index (χ0) is 32.8. The van der Waals surface area contributed by atoms with Gasteiger partial charge in [-0.15, -0.1) is 4.28 Å². The highest BCUT2D eigenvalue weighted by atomic mass is 32.3. The molecule has 0 aromatic carbocycles. The number of aliphatic carboxylic acids is 1. The molecular formula is C21H29F3N4O14S. The molecule has 2 saturated heterocycles. The van der Waals surface area contributed by atoms with Gasteiger partial charge in [0, 0.05) is 13.1 Å². The predicted molar refractivity (Wildman–Crippen MR) is 129 cm³/mol. The molecule has 3 amide bonds. The number of esters is 1. The van der Waals surface area contributed by atoms with Crippen LogP contribution >= 0.6 is 0 Å². The molecule has 2 atom stereocenters. The second-order valence-electron chi connectivity index (χ2n) is 9.55. The number of hydrogen-bond donors (Lipinski definition) is 3. The Morgan fingerprint density at radius 1 is 1.16 bits per heavy atom.